The van der Waals surface area contributed by atoms with Gasteiger partial charge in [0, 0.05) is 12.1 Å². The van der Waals surface area contributed by atoms with Gasteiger partial charge in [0.25, 0.3) is 11.1 Å². The van der Waals surface area contributed by atoms with Crippen molar-refractivity contribution in [3.8, 4) is 17.7 Å². The number of furan rings is 1. The SMILES string of the molecule is N#CCCN(C(=O)CSc1nnc(-c2ccco2)o1)C12CC3CC(CC(C3)C1)C2. The molecule has 4 bridgehead atoms. The highest BCUT2D eigenvalue weighted by molar-refractivity contribution is 7.99. The van der Waals surface area contributed by atoms with E-state index in [1.54, 1.807) is 18.4 Å². The average molecular weight is 413 g/mol. The molecule has 152 valence electrons. The van der Waals surface area contributed by atoms with Gasteiger partial charge in [-0.15, -0.1) is 10.2 Å². The number of carbonyl (C=O) groups excluding carboxylic acids is 1. The molecule has 0 N–H and O–H groups in total. The van der Waals surface area contributed by atoms with Crippen molar-refractivity contribution in [2.75, 3.05) is 12.3 Å². The van der Waals surface area contributed by atoms with Crippen LogP contribution in [0.25, 0.3) is 11.7 Å². The molecule has 2 heterocycles. The number of hydrogen-bond donors (Lipinski definition) is 0. The van der Waals surface area contributed by atoms with Crippen LogP contribution in [-0.2, 0) is 4.79 Å². The fourth-order valence-corrected chi connectivity index (χ4v) is 6.79. The quantitative estimate of drug-likeness (QED) is 0.631. The molecule has 2 aromatic heterocycles. The second-order valence-electron chi connectivity index (χ2n) is 8.73. The van der Waals surface area contributed by atoms with Gasteiger partial charge in [0.15, 0.2) is 5.76 Å². The third-order valence-electron chi connectivity index (χ3n) is 6.78. The van der Waals surface area contributed by atoms with Gasteiger partial charge in [0.05, 0.1) is 24.5 Å². The van der Waals surface area contributed by atoms with E-state index in [0.717, 1.165) is 37.0 Å². The van der Waals surface area contributed by atoms with Gasteiger partial charge in [0.1, 0.15) is 0 Å². The van der Waals surface area contributed by atoms with Crippen molar-refractivity contribution < 1.29 is 13.6 Å². The Morgan fingerprint density at radius 3 is 2.59 bits per heavy atom. The largest absolute Gasteiger partial charge is 0.459 e. The zero-order valence-electron chi connectivity index (χ0n) is 16.2. The highest BCUT2D eigenvalue weighted by Crippen LogP contribution is 2.57. The van der Waals surface area contributed by atoms with Crippen molar-refractivity contribution in [3.63, 3.8) is 0 Å². The molecular formula is C21H24N4O3S. The monoisotopic (exact) mass is 412 g/mol. The second-order valence-corrected chi connectivity index (χ2v) is 9.66. The van der Waals surface area contributed by atoms with Crippen LogP contribution in [0.2, 0.25) is 0 Å². The summed E-state index contributed by atoms with van der Waals surface area (Å²) >= 11 is 1.26. The van der Waals surface area contributed by atoms with E-state index in [9.17, 15) is 4.79 Å². The lowest BCUT2D eigenvalue weighted by Gasteiger charge is -2.60. The number of hydrogen-bond acceptors (Lipinski definition) is 7. The molecular weight excluding hydrogens is 388 g/mol. The van der Waals surface area contributed by atoms with Crippen LogP contribution in [0.15, 0.2) is 32.5 Å². The molecule has 0 unspecified atom stereocenters. The average Bonchev–Trinajstić information content (AvgIpc) is 3.37. The maximum atomic E-state index is 13.3. The first-order valence-corrected chi connectivity index (χ1v) is 11.3. The van der Waals surface area contributed by atoms with Crippen LogP contribution < -0.4 is 0 Å². The predicted octanol–water partition coefficient (Wildman–Crippen LogP) is 4.13. The minimum absolute atomic E-state index is 0.0442. The molecule has 4 aliphatic carbocycles. The maximum absolute atomic E-state index is 13.3. The molecule has 6 rings (SSSR count). The number of amides is 1. The van der Waals surface area contributed by atoms with Gasteiger partial charge in [-0.3, -0.25) is 4.79 Å². The van der Waals surface area contributed by atoms with Crippen LogP contribution >= 0.6 is 11.8 Å². The Bertz CT molecular complexity index is 881. The zero-order valence-corrected chi connectivity index (χ0v) is 17.1. The molecule has 4 fully saturated rings. The Balaban J connectivity index is 1.29. The van der Waals surface area contributed by atoms with Crippen LogP contribution in [0, 0.1) is 29.1 Å². The first kappa shape index (κ1) is 18.7. The van der Waals surface area contributed by atoms with E-state index in [2.05, 4.69) is 16.3 Å². The predicted molar refractivity (Wildman–Crippen MR) is 106 cm³/mol. The zero-order chi connectivity index (χ0) is 19.8. The molecule has 0 aromatic carbocycles. The first-order chi connectivity index (χ1) is 14.1. The molecule has 4 aliphatic rings. The summed E-state index contributed by atoms with van der Waals surface area (Å²) in [6.07, 6.45) is 9.21. The van der Waals surface area contributed by atoms with Crippen LogP contribution in [0.4, 0.5) is 0 Å². The smallest absolute Gasteiger partial charge is 0.284 e. The van der Waals surface area contributed by atoms with E-state index in [-0.39, 0.29) is 17.2 Å². The van der Waals surface area contributed by atoms with Gasteiger partial charge in [-0.1, -0.05) is 11.8 Å². The standard InChI is InChI=1S/C21H24N4O3S/c22-4-2-5-25(21-10-14-7-15(11-21)9-16(8-14)12-21)18(26)13-29-20-24-23-19(28-20)17-3-1-6-27-17/h1,3,6,14-16H,2,5,7-13H2. The molecule has 0 spiro atoms. The lowest BCUT2D eigenvalue weighted by atomic mass is 9.52. The first-order valence-electron chi connectivity index (χ1n) is 10.3. The molecule has 2 aromatic rings. The summed E-state index contributed by atoms with van der Waals surface area (Å²) in [5.41, 5.74) is -0.0442. The highest BCUT2D eigenvalue weighted by Gasteiger charge is 2.54. The molecule has 4 saturated carbocycles. The number of nitriles is 1. The van der Waals surface area contributed by atoms with E-state index in [4.69, 9.17) is 14.1 Å². The Morgan fingerprint density at radius 1 is 1.24 bits per heavy atom. The van der Waals surface area contributed by atoms with Gasteiger partial charge in [-0.2, -0.15) is 5.26 Å². The van der Waals surface area contributed by atoms with Gasteiger partial charge >= 0.3 is 0 Å². The Hall–Kier alpha value is -2.27. The summed E-state index contributed by atoms with van der Waals surface area (Å²) in [7, 11) is 0. The van der Waals surface area contributed by atoms with Crippen LogP contribution in [0.5, 0.6) is 0 Å². The van der Waals surface area contributed by atoms with Crippen molar-refractivity contribution in [3.05, 3.63) is 18.4 Å². The van der Waals surface area contributed by atoms with E-state index < -0.39 is 0 Å². The van der Waals surface area contributed by atoms with Crippen LogP contribution in [-0.4, -0.2) is 38.8 Å². The summed E-state index contributed by atoms with van der Waals surface area (Å²) < 4.78 is 10.9. The van der Waals surface area contributed by atoms with Crippen molar-refractivity contribution in [2.24, 2.45) is 17.8 Å². The molecule has 8 heteroatoms. The molecule has 0 aliphatic heterocycles. The molecule has 1 amide bonds. The molecule has 0 saturated heterocycles. The molecule has 0 radical (unpaired) electrons. The second kappa shape index (κ2) is 7.52. The number of carbonyl (C=O) groups is 1. The molecule has 29 heavy (non-hydrogen) atoms. The summed E-state index contributed by atoms with van der Waals surface area (Å²) in [4.78, 5) is 15.3. The normalized spacial score (nSPS) is 29.7. The van der Waals surface area contributed by atoms with E-state index in [1.807, 2.05) is 4.90 Å². The fraction of sp³-hybridized carbons (Fsp3) is 0.619. The summed E-state index contributed by atoms with van der Waals surface area (Å²) in [6.45, 7) is 0.517. The van der Waals surface area contributed by atoms with Crippen LogP contribution in [0.3, 0.4) is 0 Å². The lowest BCUT2D eigenvalue weighted by Crippen LogP contribution is -2.62. The molecule has 7 nitrogen and oxygen atoms in total. The third-order valence-corrected chi connectivity index (χ3v) is 7.59. The number of rotatable bonds is 7. The summed E-state index contributed by atoms with van der Waals surface area (Å²) in [6, 6.07) is 5.74. The Morgan fingerprint density at radius 2 is 1.97 bits per heavy atom. The van der Waals surface area contributed by atoms with Gasteiger partial charge in [0.2, 0.25) is 5.91 Å². The highest BCUT2D eigenvalue weighted by atomic mass is 32.2. The topological polar surface area (TPSA) is 96.2 Å². The van der Waals surface area contributed by atoms with Gasteiger partial charge in [-0.25, -0.2) is 0 Å². The fourth-order valence-electron chi connectivity index (χ4n) is 6.15. The van der Waals surface area contributed by atoms with Crippen molar-refractivity contribution >= 4 is 17.7 Å². The number of aromatic nitrogens is 2. The van der Waals surface area contributed by atoms with Gasteiger partial charge in [-0.05, 0) is 68.4 Å². The third kappa shape index (κ3) is 3.57. The number of thioether (sulfide) groups is 1. The van der Waals surface area contributed by atoms with E-state index in [1.165, 1.54) is 31.0 Å². The Labute approximate surface area is 173 Å². The summed E-state index contributed by atoms with van der Waals surface area (Å²) in [5, 5.41) is 17.5. The van der Waals surface area contributed by atoms with Crippen molar-refractivity contribution in [1.82, 2.24) is 15.1 Å². The number of nitrogens with zero attached hydrogens (tertiary/aromatic N) is 4. The molecule has 0 atom stereocenters. The van der Waals surface area contributed by atoms with Gasteiger partial charge < -0.3 is 13.7 Å². The lowest BCUT2D eigenvalue weighted by molar-refractivity contribution is -0.147. The van der Waals surface area contributed by atoms with Crippen molar-refractivity contribution in [2.45, 2.75) is 55.7 Å². The maximum Gasteiger partial charge on any atom is 0.284 e. The van der Waals surface area contributed by atoms with Crippen molar-refractivity contribution in [1.29, 1.82) is 5.26 Å². The van der Waals surface area contributed by atoms with E-state index in [0.29, 0.717) is 29.8 Å². The minimum Gasteiger partial charge on any atom is -0.459 e. The van der Waals surface area contributed by atoms with Crippen LogP contribution in [0.1, 0.15) is 44.9 Å². The van der Waals surface area contributed by atoms with E-state index >= 15 is 0 Å². The summed E-state index contributed by atoms with van der Waals surface area (Å²) in [5.74, 6) is 3.39. The Kier molecular flexibility index (Phi) is 4.86. The minimum atomic E-state index is -0.0442.